The van der Waals surface area contributed by atoms with Crippen molar-refractivity contribution in [3.05, 3.63) is 66.0 Å². The van der Waals surface area contributed by atoms with E-state index in [-0.39, 0.29) is 11.6 Å². The van der Waals surface area contributed by atoms with Gasteiger partial charge in [-0.05, 0) is 36.5 Å². The van der Waals surface area contributed by atoms with Gasteiger partial charge in [-0.3, -0.25) is 14.6 Å². The number of ketones is 2. The highest BCUT2D eigenvalue weighted by Gasteiger charge is 2.34. The molecule has 0 N–H and O–H groups in total. The molecule has 1 aliphatic rings. The van der Waals surface area contributed by atoms with Crippen LogP contribution in [0.15, 0.2) is 54.9 Å². The van der Waals surface area contributed by atoms with Gasteiger partial charge in [0.15, 0.2) is 5.78 Å². The maximum Gasteiger partial charge on any atom is 0.173 e. The van der Waals surface area contributed by atoms with E-state index < -0.39 is 5.92 Å². The lowest BCUT2D eigenvalue weighted by atomic mass is 9.74. The summed E-state index contributed by atoms with van der Waals surface area (Å²) in [6.07, 6.45) is 5.12. The van der Waals surface area contributed by atoms with Gasteiger partial charge < -0.3 is 0 Å². The fraction of sp³-hybridized carbons (Fsp3) is 0.278. The number of nitrogens with zero attached hydrogens (tertiary/aromatic N) is 1. The number of carbonyl (C=O) groups is 2. The Kier molecular flexibility index (Phi) is 3.91. The van der Waals surface area contributed by atoms with Crippen LogP contribution in [0.25, 0.3) is 0 Å². The molecule has 3 rings (SSSR count). The number of Topliss-reactive ketones (excluding diaryl/α,β-unsaturated/α-hetero) is 2. The van der Waals surface area contributed by atoms with E-state index in [1.54, 1.807) is 24.5 Å². The Hall–Kier alpha value is -2.29. The average molecular weight is 279 g/mol. The van der Waals surface area contributed by atoms with Gasteiger partial charge >= 0.3 is 0 Å². The molecule has 1 aromatic carbocycles. The van der Waals surface area contributed by atoms with Gasteiger partial charge in [0.2, 0.25) is 0 Å². The summed E-state index contributed by atoms with van der Waals surface area (Å²) >= 11 is 0. The van der Waals surface area contributed by atoms with Crippen LogP contribution in [0.4, 0.5) is 0 Å². The van der Waals surface area contributed by atoms with Crippen LogP contribution in [0.2, 0.25) is 0 Å². The second kappa shape index (κ2) is 6.00. The molecule has 1 saturated carbocycles. The number of carbonyl (C=O) groups excluding carboxylic acids is 2. The van der Waals surface area contributed by atoms with E-state index in [4.69, 9.17) is 0 Å². The first kappa shape index (κ1) is 13.7. The normalized spacial score (nSPS) is 22.0. The van der Waals surface area contributed by atoms with E-state index in [1.165, 1.54) is 5.56 Å². The van der Waals surface area contributed by atoms with Crippen LogP contribution in [-0.2, 0) is 4.79 Å². The highest BCUT2D eigenvalue weighted by Crippen LogP contribution is 2.35. The molecule has 21 heavy (non-hydrogen) atoms. The smallest absolute Gasteiger partial charge is 0.173 e. The zero-order chi connectivity index (χ0) is 14.7. The molecule has 0 saturated heterocycles. The van der Waals surface area contributed by atoms with E-state index in [9.17, 15) is 9.59 Å². The van der Waals surface area contributed by atoms with E-state index in [0.29, 0.717) is 24.3 Å². The fourth-order valence-electron chi connectivity index (χ4n) is 3.02. The minimum atomic E-state index is -0.508. The number of hydrogen-bond acceptors (Lipinski definition) is 3. The van der Waals surface area contributed by atoms with Crippen LogP contribution in [0.1, 0.15) is 41.1 Å². The summed E-state index contributed by atoms with van der Waals surface area (Å²) < 4.78 is 0. The third-order valence-corrected chi connectivity index (χ3v) is 4.20. The number of hydrogen-bond donors (Lipinski definition) is 0. The molecule has 0 aliphatic heterocycles. The van der Waals surface area contributed by atoms with Crippen molar-refractivity contribution in [2.24, 2.45) is 5.92 Å². The highest BCUT2D eigenvalue weighted by molar-refractivity contribution is 6.11. The van der Waals surface area contributed by atoms with Crippen LogP contribution in [-0.4, -0.2) is 16.6 Å². The number of rotatable bonds is 3. The molecule has 1 aromatic heterocycles. The summed E-state index contributed by atoms with van der Waals surface area (Å²) in [4.78, 5) is 28.6. The van der Waals surface area contributed by atoms with Crippen molar-refractivity contribution in [1.29, 1.82) is 0 Å². The summed E-state index contributed by atoms with van der Waals surface area (Å²) in [5, 5.41) is 0. The van der Waals surface area contributed by atoms with Crippen molar-refractivity contribution in [2.45, 2.75) is 25.2 Å². The molecule has 0 bridgehead atoms. The zero-order valence-corrected chi connectivity index (χ0v) is 11.7. The maximum absolute atomic E-state index is 12.5. The molecule has 1 heterocycles. The lowest BCUT2D eigenvalue weighted by Gasteiger charge is -2.27. The van der Waals surface area contributed by atoms with Crippen LogP contribution < -0.4 is 0 Å². The topological polar surface area (TPSA) is 47.0 Å². The Bertz CT molecular complexity index is 637. The van der Waals surface area contributed by atoms with Crippen LogP contribution >= 0.6 is 0 Å². The standard InChI is InChI=1S/C18H17NO2/c20-17-7-6-15(13-4-2-1-3-5-13)12-16(17)18(21)14-8-10-19-11-9-14/h1-5,8-11,15-16H,6-7,12H2. The molecule has 2 unspecified atom stereocenters. The summed E-state index contributed by atoms with van der Waals surface area (Å²) in [7, 11) is 0. The average Bonchev–Trinajstić information content (AvgIpc) is 2.56. The second-order valence-corrected chi connectivity index (χ2v) is 5.50. The minimum Gasteiger partial charge on any atom is -0.299 e. The van der Waals surface area contributed by atoms with Crippen molar-refractivity contribution >= 4 is 11.6 Å². The first-order valence-electron chi connectivity index (χ1n) is 7.27. The predicted octanol–water partition coefficient (Wildman–Crippen LogP) is 3.42. The molecule has 0 radical (unpaired) electrons. The molecule has 3 heteroatoms. The largest absolute Gasteiger partial charge is 0.299 e. The Morgan fingerprint density at radius 2 is 1.76 bits per heavy atom. The van der Waals surface area contributed by atoms with E-state index in [1.807, 2.05) is 18.2 Å². The highest BCUT2D eigenvalue weighted by atomic mass is 16.1. The van der Waals surface area contributed by atoms with Crippen LogP contribution in [0.5, 0.6) is 0 Å². The van der Waals surface area contributed by atoms with Gasteiger partial charge in [-0.2, -0.15) is 0 Å². The summed E-state index contributed by atoms with van der Waals surface area (Å²) in [6, 6.07) is 13.5. The molecular formula is C18H17NO2. The van der Waals surface area contributed by atoms with E-state index >= 15 is 0 Å². The fourth-order valence-corrected chi connectivity index (χ4v) is 3.02. The number of pyridine rings is 1. The number of aromatic nitrogens is 1. The summed E-state index contributed by atoms with van der Waals surface area (Å²) in [6.45, 7) is 0. The predicted molar refractivity (Wildman–Crippen MR) is 80.1 cm³/mol. The maximum atomic E-state index is 12.5. The molecule has 0 amide bonds. The number of benzene rings is 1. The van der Waals surface area contributed by atoms with Gasteiger partial charge in [0.05, 0.1) is 5.92 Å². The lowest BCUT2D eigenvalue weighted by molar-refractivity contribution is -0.123. The molecule has 2 atom stereocenters. The van der Waals surface area contributed by atoms with E-state index in [2.05, 4.69) is 17.1 Å². The van der Waals surface area contributed by atoms with Crippen molar-refractivity contribution in [1.82, 2.24) is 4.98 Å². The van der Waals surface area contributed by atoms with Gasteiger partial charge in [0.1, 0.15) is 5.78 Å². The van der Waals surface area contributed by atoms with Crippen LogP contribution in [0, 0.1) is 5.92 Å². The first-order chi connectivity index (χ1) is 10.3. The molecule has 1 fully saturated rings. The van der Waals surface area contributed by atoms with Gasteiger partial charge in [0, 0.05) is 24.4 Å². The van der Waals surface area contributed by atoms with Crippen molar-refractivity contribution in [3.63, 3.8) is 0 Å². The third-order valence-electron chi connectivity index (χ3n) is 4.20. The Morgan fingerprint density at radius 1 is 1.05 bits per heavy atom. The van der Waals surface area contributed by atoms with Gasteiger partial charge in [0.25, 0.3) is 0 Å². The van der Waals surface area contributed by atoms with Crippen molar-refractivity contribution in [3.8, 4) is 0 Å². The third kappa shape index (κ3) is 2.92. The molecule has 1 aliphatic carbocycles. The van der Waals surface area contributed by atoms with Gasteiger partial charge in [-0.25, -0.2) is 0 Å². The molecule has 0 spiro atoms. The first-order valence-corrected chi connectivity index (χ1v) is 7.27. The Morgan fingerprint density at radius 3 is 2.48 bits per heavy atom. The Labute approximate surface area is 124 Å². The zero-order valence-electron chi connectivity index (χ0n) is 11.7. The quantitative estimate of drug-likeness (QED) is 0.639. The van der Waals surface area contributed by atoms with Crippen molar-refractivity contribution in [2.75, 3.05) is 0 Å². The van der Waals surface area contributed by atoms with E-state index in [0.717, 1.165) is 6.42 Å². The summed E-state index contributed by atoms with van der Waals surface area (Å²) in [5.41, 5.74) is 1.80. The molecule has 3 nitrogen and oxygen atoms in total. The van der Waals surface area contributed by atoms with Crippen molar-refractivity contribution < 1.29 is 9.59 Å². The monoisotopic (exact) mass is 279 g/mol. The Balaban J connectivity index is 1.81. The second-order valence-electron chi connectivity index (χ2n) is 5.50. The SMILES string of the molecule is O=C1CCC(c2ccccc2)CC1C(=O)c1ccncc1. The molecule has 106 valence electrons. The molecule has 2 aromatic rings. The van der Waals surface area contributed by atoms with Gasteiger partial charge in [-0.15, -0.1) is 0 Å². The van der Waals surface area contributed by atoms with Crippen LogP contribution in [0.3, 0.4) is 0 Å². The molecular weight excluding hydrogens is 262 g/mol. The lowest BCUT2D eigenvalue weighted by Crippen LogP contribution is -2.30. The van der Waals surface area contributed by atoms with Gasteiger partial charge in [-0.1, -0.05) is 30.3 Å². The summed E-state index contributed by atoms with van der Waals surface area (Å²) in [5.74, 6) is -0.210. The minimum absolute atomic E-state index is 0.0666.